The van der Waals surface area contributed by atoms with Gasteiger partial charge in [-0.3, -0.25) is 4.79 Å². The van der Waals surface area contributed by atoms with Crippen LogP contribution in [0, 0.1) is 5.92 Å². The Morgan fingerprint density at radius 2 is 2.05 bits per heavy atom. The maximum atomic E-state index is 12.3. The standard InChI is InChI=1S/C15H22N2O3/c1-11(15(18)17-8-7-12(9-16)10-17)20-14-5-3-13(19-2)4-6-14/h3-6,11-12H,7-10,16H2,1-2H3. The van der Waals surface area contributed by atoms with Crippen LogP contribution in [0.3, 0.4) is 0 Å². The third-order valence-electron chi connectivity index (χ3n) is 3.65. The maximum absolute atomic E-state index is 12.3. The predicted molar refractivity (Wildman–Crippen MR) is 76.8 cm³/mol. The molecule has 0 spiro atoms. The Kier molecular flexibility index (Phi) is 4.84. The van der Waals surface area contributed by atoms with Crippen molar-refractivity contribution in [2.75, 3.05) is 26.7 Å². The molecule has 1 aromatic carbocycles. The van der Waals surface area contributed by atoms with Crippen LogP contribution in [-0.4, -0.2) is 43.7 Å². The van der Waals surface area contributed by atoms with Gasteiger partial charge in [-0.2, -0.15) is 0 Å². The van der Waals surface area contributed by atoms with Crippen molar-refractivity contribution in [2.45, 2.75) is 19.4 Å². The predicted octanol–water partition coefficient (Wildman–Crippen LogP) is 1.27. The van der Waals surface area contributed by atoms with Crippen LogP contribution in [0.2, 0.25) is 0 Å². The van der Waals surface area contributed by atoms with Crippen molar-refractivity contribution in [3.8, 4) is 11.5 Å². The van der Waals surface area contributed by atoms with Crippen LogP contribution in [0.4, 0.5) is 0 Å². The minimum Gasteiger partial charge on any atom is -0.497 e. The summed E-state index contributed by atoms with van der Waals surface area (Å²) < 4.78 is 10.8. The molecule has 20 heavy (non-hydrogen) atoms. The molecule has 0 aliphatic carbocycles. The highest BCUT2D eigenvalue weighted by molar-refractivity contribution is 5.81. The Hall–Kier alpha value is -1.75. The number of nitrogens with zero attached hydrogens (tertiary/aromatic N) is 1. The number of hydrogen-bond donors (Lipinski definition) is 1. The van der Waals surface area contributed by atoms with E-state index >= 15 is 0 Å². The van der Waals surface area contributed by atoms with Gasteiger partial charge in [0.05, 0.1) is 7.11 Å². The molecule has 1 aromatic rings. The number of amides is 1. The van der Waals surface area contributed by atoms with Crippen molar-refractivity contribution in [3.63, 3.8) is 0 Å². The average Bonchev–Trinajstić information content (AvgIpc) is 2.96. The lowest BCUT2D eigenvalue weighted by Gasteiger charge is -2.21. The number of likely N-dealkylation sites (tertiary alicyclic amines) is 1. The van der Waals surface area contributed by atoms with Crippen molar-refractivity contribution in [1.82, 2.24) is 4.90 Å². The third kappa shape index (κ3) is 3.42. The highest BCUT2D eigenvalue weighted by Crippen LogP contribution is 2.20. The van der Waals surface area contributed by atoms with E-state index < -0.39 is 6.10 Å². The lowest BCUT2D eigenvalue weighted by atomic mass is 10.1. The van der Waals surface area contributed by atoms with E-state index in [2.05, 4.69) is 0 Å². The van der Waals surface area contributed by atoms with Crippen LogP contribution < -0.4 is 15.2 Å². The number of methoxy groups -OCH3 is 1. The second-order valence-corrected chi connectivity index (χ2v) is 5.11. The van der Waals surface area contributed by atoms with E-state index in [0.29, 0.717) is 18.2 Å². The summed E-state index contributed by atoms with van der Waals surface area (Å²) in [5.74, 6) is 1.88. The normalized spacial score (nSPS) is 19.8. The second-order valence-electron chi connectivity index (χ2n) is 5.11. The fraction of sp³-hybridized carbons (Fsp3) is 0.533. The van der Waals surface area contributed by atoms with E-state index in [1.807, 2.05) is 17.0 Å². The summed E-state index contributed by atoms with van der Waals surface area (Å²) in [6, 6.07) is 7.23. The highest BCUT2D eigenvalue weighted by Gasteiger charge is 2.29. The van der Waals surface area contributed by atoms with E-state index in [0.717, 1.165) is 25.3 Å². The molecule has 0 saturated carbocycles. The van der Waals surface area contributed by atoms with Crippen molar-refractivity contribution in [2.24, 2.45) is 11.7 Å². The van der Waals surface area contributed by atoms with E-state index in [1.54, 1.807) is 26.2 Å². The summed E-state index contributed by atoms with van der Waals surface area (Å²) in [6.45, 7) is 3.93. The first-order chi connectivity index (χ1) is 9.63. The van der Waals surface area contributed by atoms with E-state index in [-0.39, 0.29) is 5.91 Å². The lowest BCUT2D eigenvalue weighted by molar-refractivity contribution is -0.136. The summed E-state index contributed by atoms with van der Waals surface area (Å²) in [6.07, 6.45) is 0.497. The smallest absolute Gasteiger partial charge is 0.263 e. The average molecular weight is 278 g/mol. The van der Waals surface area contributed by atoms with Gasteiger partial charge in [-0.15, -0.1) is 0 Å². The minimum atomic E-state index is -0.486. The first kappa shape index (κ1) is 14.7. The zero-order chi connectivity index (χ0) is 14.5. The summed E-state index contributed by atoms with van der Waals surface area (Å²) in [5, 5.41) is 0. The highest BCUT2D eigenvalue weighted by atomic mass is 16.5. The zero-order valence-electron chi connectivity index (χ0n) is 12.0. The van der Waals surface area contributed by atoms with Gasteiger partial charge >= 0.3 is 0 Å². The first-order valence-corrected chi connectivity index (χ1v) is 6.93. The molecule has 5 heteroatoms. The van der Waals surface area contributed by atoms with Gasteiger partial charge in [0.2, 0.25) is 0 Å². The quantitative estimate of drug-likeness (QED) is 0.881. The molecule has 1 aliphatic rings. The molecule has 1 fully saturated rings. The molecular formula is C15H22N2O3. The SMILES string of the molecule is COc1ccc(OC(C)C(=O)N2CCC(CN)C2)cc1. The van der Waals surface area contributed by atoms with Gasteiger partial charge in [-0.05, 0) is 50.1 Å². The van der Waals surface area contributed by atoms with E-state index in [4.69, 9.17) is 15.2 Å². The fourth-order valence-electron chi connectivity index (χ4n) is 2.39. The van der Waals surface area contributed by atoms with Crippen molar-refractivity contribution >= 4 is 5.91 Å². The number of nitrogens with two attached hydrogens (primary N) is 1. The molecule has 2 unspecified atom stereocenters. The topological polar surface area (TPSA) is 64.8 Å². The molecule has 1 amide bonds. The van der Waals surface area contributed by atoms with Gasteiger partial charge in [0.25, 0.3) is 5.91 Å². The van der Waals surface area contributed by atoms with Crippen molar-refractivity contribution in [1.29, 1.82) is 0 Å². The van der Waals surface area contributed by atoms with Crippen LogP contribution in [0.1, 0.15) is 13.3 Å². The molecule has 5 nitrogen and oxygen atoms in total. The summed E-state index contributed by atoms with van der Waals surface area (Å²) in [5.41, 5.74) is 5.64. The Morgan fingerprint density at radius 3 is 2.60 bits per heavy atom. The van der Waals surface area contributed by atoms with Crippen molar-refractivity contribution in [3.05, 3.63) is 24.3 Å². The molecule has 0 aromatic heterocycles. The number of hydrogen-bond acceptors (Lipinski definition) is 4. The molecule has 1 aliphatic heterocycles. The largest absolute Gasteiger partial charge is 0.497 e. The molecule has 2 atom stereocenters. The van der Waals surface area contributed by atoms with Gasteiger partial charge in [-0.1, -0.05) is 0 Å². The minimum absolute atomic E-state index is 0.0248. The number of carbonyl (C=O) groups is 1. The molecule has 110 valence electrons. The second kappa shape index (κ2) is 6.61. The Bertz CT molecular complexity index is 447. The van der Waals surface area contributed by atoms with Crippen LogP contribution in [0.15, 0.2) is 24.3 Å². The number of ether oxygens (including phenoxy) is 2. The van der Waals surface area contributed by atoms with E-state index in [9.17, 15) is 4.79 Å². The van der Waals surface area contributed by atoms with Gasteiger partial charge in [0, 0.05) is 13.1 Å². The Labute approximate surface area is 119 Å². The number of benzene rings is 1. The molecule has 2 rings (SSSR count). The first-order valence-electron chi connectivity index (χ1n) is 6.93. The summed E-state index contributed by atoms with van der Waals surface area (Å²) in [7, 11) is 1.61. The fourth-order valence-corrected chi connectivity index (χ4v) is 2.39. The summed E-state index contributed by atoms with van der Waals surface area (Å²) in [4.78, 5) is 14.1. The zero-order valence-corrected chi connectivity index (χ0v) is 12.0. The van der Waals surface area contributed by atoms with E-state index in [1.165, 1.54) is 0 Å². The van der Waals surface area contributed by atoms with Gasteiger partial charge < -0.3 is 20.1 Å². The lowest BCUT2D eigenvalue weighted by Crippen LogP contribution is -2.39. The third-order valence-corrected chi connectivity index (χ3v) is 3.65. The molecule has 0 radical (unpaired) electrons. The molecule has 0 bridgehead atoms. The van der Waals surface area contributed by atoms with Crippen LogP contribution in [0.5, 0.6) is 11.5 Å². The number of carbonyl (C=O) groups excluding carboxylic acids is 1. The Balaban J connectivity index is 1.90. The van der Waals surface area contributed by atoms with Crippen LogP contribution >= 0.6 is 0 Å². The van der Waals surface area contributed by atoms with Crippen LogP contribution in [-0.2, 0) is 4.79 Å². The van der Waals surface area contributed by atoms with Gasteiger partial charge in [-0.25, -0.2) is 0 Å². The van der Waals surface area contributed by atoms with Crippen molar-refractivity contribution < 1.29 is 14.3 Å². The Morgan fingerprint density at radius 1 is 1.40 bits per heavy atom. The monoisotopic (exact) mass is 278 g/mol. The molecule has 1 saturated heterocycles. The molecule has 1 heterocycles. The van der Waals surface area contributed by atoms with Crippen LogP contribution in [0.25, 0.3) is 0 Å². The molecule has 2 N–H and O–H groups in total. The maximum Gasteiger partial charge on any atom is 0.263 e. The van der Waals surface area contributed by atoms with Gasteiger partial charge in [0.15, 0.2) is 6.10 Å². The number of rotatable bonds is 5. The van der Waals surface area contributed by atoms with Gasteiger partial charge in [0.1, 0.15) is 11.5 Å². The summed E-state index contributed by atoms with van der Waals surface area (Å²) >= 11 is 0. The molecular weight excluding hydrogens is 256 g/mol.